The Morgan fingerprint density at radius 2 is 1.71 bits per heavy atom. The van der Waals surface area contributed by atoms with Gasteiger partial charge in [0.15, 0.2) is 0 Å². The first-order valence-corrected chi connectivity index (χ1v) is 8.38. The Morgan fingerprint density at radius 3 is 2.42 bits per heavy atom. The highest BCUT2D eigenvalue weighted by Crippen LogP contribution is 2.26. The monoisotopic (exact) mass is 319 g/mol. The molecule has 2 aromatic carbocycles. The Bertz CT molecular complexity index is 752. The predicted octanol–water partition coefficient (Wildman–Crippen LogP) is 3.83. The van der Waals surface area contributed by atoms with E-state index in [-0.39, 0.29) is 17.7 Å². The summed E-state index contributed by atoms with van der Waals surface area (Å²) >= 11 is 0. The van der Waals surface area contributed by atoms with Crippen molar-refractivity contribution in [2.45, 2.75) is 31.7 Å². The van der Waals surface area contributed by atoms with Crippen molar-refractivity contribution in [1.82, 2.24) is 4.90 Å². The van der Waals surface area contributed by atoms with E-state index in [1.807, 2.05) is 35.2 Å². The van der Waals surface area contributed by atoms with E-state index in [9.17, 15) is 9.90 Å². The van der Waals surface area contributed by atoms with Crippen molar-refractivity contribution in [3.63, 3.8) is 0 Å². The van der Waals surface area contributed by atoms with Crippen LogP contribution >= 0.6 is 0 Å². The van der Waals surface area contributed by atoms with Gasteiger partial charge in [-0.2, -0.15) is 0 Å². The molecule has 3 nitrogen and oxygen atoms in total. The molecule has 122 valence electrons. The van der Waals surface area contributed by atoms with Gasteiger partial charge in [-0.3, -0.25) is 4.79 Å². The molecule has 3 heteroatoms. The lowest BCUT2D eigenvalue weighted by atomic mass is 10.1. The van der Waals surface area contributed by atoms with Crippen molar-refractivity contribution in [2.24, 2.45) is 0 Å². The molecule has 0 aromatic heterocycles. The van der Waals surface area contributed by atoms with Crippen LogP contribution in [0.25, 0.3) is 0 Å². The molecule has 0 aliphatic heterocycles. The largest absolute Gasteiger partial charge is 0.507 e. The highest BCUT2D eigenvalue weighted by Gasteiger charge is 2.27. The first-order valence-electron chi connectivity index (χ1n) is 8.38. The Kier molecular flexibility index (Phi) is 5.18. The topological polar surface area (TPSA) is 40.5 Å². The van der Waals surface area contributed by atoms with E-state index in [0.29, 0.717) is 12.1 Å². The van der Waals surface area contributed by atoms with Crippen LogP contribution in [0.3, 0.4) is 0 Å². The van der Waals surface area contributed by atoms with Crippen molar-refractivity contribution in [3.05, 3.63) is 65.7 Å². The summed E-state index contributed by atoms with van der Waals surface area (Å²) in [5.74, 6) is 6.13. The number of benzene rings is 2. The van der Waals surface area contributed by atoms with E-state index in [1.165, 1.54) is 0 Å². The third kappa shape index (κ3) is 3.78. The SMILES string of the molecule is O=C(c1ccccc1O)N(CC#Cc1ccccc1)C1CCCC1. The lowest BCUT2D eigenvalue weighted by molar-refractivity contribution is 0.0707. The maximum atomic E-state index is 12.9. The van der Waals surface area contributed by atoms with Gasteiger partial charge in [-0.05, 0) is 37.1 Å². The molecule has 24 heavy (non-hydrogen) atoms. The fourth-order valence-electron chi connectivity index (χ4n) is 3.14. The third-order valence-corrected chi connectivity index (χ3v) is 4.42. The van der Waals surface area contributed by atoms with Crippen molar-refractivity contribution in [1.29, 1.82) is 0 Å². The molecule has 2 aromatic rings. The molecule has 1 aliphatic carbocycles. The van der Waals surface area contributed by atoms with Crippen LogP contribution in [-0.4, -0.2) is 28.5 Å². The molecule has 0 unspecified atom stereocenters. The van der Waals surface area contributed by atoms with Gasteiger partial charge >= 0.3 is 0 Å². The Morgan fingerprint density at radius 1 is 1.04 bits per heavy atom. The van der Waals surface area contributed by atoms with Crippen LogP contribution in [-0.2, 0) is 0 Å². The number of carbonyl (C=O) groups excluding carboxylic acids is 1. The number of rotatable bonds is 3. The minimum atomic E-state index is -0.137. The summed E-state index contributed by atoms with van der Waals surface area (Å²) in [6.07, 6.45) is 4.29. The molecule has 0 atom stereocenters. The van der Waals surface area contributed by atoms with Crippen LogP contribution in [0.2, 0.25) is 0 Å². The lowest BCUT2D eigenvalue weighted by Gasteiger charge is -2.27. The zero-order valence-electron chi connectivity index (χ0n) is 13.6. The first kappa shape index (κ1) is 16.1. The Labute approximate surface area is 142 Å². The Hall–Kier alpha value is -2.73. The molecule has 1 amide bonds. The number of amides is 1. The summed E-state index contributed by atoms with van der Waals surface area (Å²) in [5.41, 5.74) is 1.30. The molecule has 0 heterocycles. The lowest BCUT2D eigenvalue weighted by Crippen LogP contribution is -2.39. The zero-order valence-corrected chi connectivity index (χ0v) is 13.6. The first-order chi connectivity index (χ1) is 11.8. The second-order valence-electron chi connectivity index (χ2n) is 6.06. The molecule has 0 bridgehead atoms. The van der Waals surface area contributed by atoms with Crippen LogP contribution in [0.5, 0.6) is 5.75 Å². The van der Waals surface area contributed by atoms with E-state index < -0.39 is 0 Å². The highest BCUT2D eigenvalue weighted by atomic mass is 16.3. The van der Waals surface area contributed by atoms with Crippen LogP contribution < -0.4 is 0 Å². The molecule has 1 fully saturated rings. The number of carbonyl (C=O) groups is 1. The fraction of sp³-hybridized carbons (Fsp3) is 0.286. The molecule has 3 rings (SSSR count). The standard InChI is InChI=1S/C21H21NO2/c23-20-15-7-6-14-19(20)21(24)22(18-12-4-5-13-18)16-8-11-17-9-2-1-3-10-17/h1-3,6-7,9-10,14-15,18,23H,4-5,12-13,16H2. The summed E-state index contributed by atoms with van der Waals surface area (Å²) < 4.78 is 0. The van der Waals surface area contributed by atoms with E-state index >= 15 is 0 Å². The molecule has 1 N–H and O–H groups in total. The number of aromatic hydroxyl groups is 1. The average Bonchev–Trinajstić information content (AvgIpc) is 3.14. The number of para-hydroxylation sites is 1. The van der Waals surface area contributed by atoms with Gasteiger partial charge in [0.05, 0.1) is 12.1 Å². The molecule has 0 saturated heterocycles. The number of hydrogen-bond acceptors (Lipinski definition) is 2. The second kappa shape index (κ2) is 7.70. The van der Waals surface area contributed by atoms with Crippen LogP contribution in [0.4, 0.5) is 0 Å². The summed E-state index contributed by atoms with van der Waals surface area (Å²) in [6.45, 7) is 0.382. The number of phenolic OH excluding ortho intramolecular Hbond substituents is 1. The van der Waals surface area contributed by atoms with Crippen LogP contribution in [0.1, 0.15) is 41.6 Å². The smallest absolute Gasteiger partial charge is 0.258 e. The van der Waals surface area contributed by atoms with Crippen LogP contribution in [0, 0.1) is 11.8 Å². The minimum absolute atomic E-state index is 0.0292. The normalized spacial score (nSPS) is 14.0. The number of hydrogen-bond donors (Lipinski definition) is 1. The summed E-state index contributed by atoms with van der Waals surface area (Å²) in [5, 5.41) is 9.99. The number of nitrogens with zero attached hydrogens (tertiary/aromatic N) is 1. The van der Waals surface area contributed by atoms with Gasteiger partial charge < -0.3 is 10.0 Å². The maximum absolute atomic E-state index is 12.9. The minimum Gasteiger partial charge on any atom is -0.507 e. The van der Waals surface area contributed by atoms with E-state index in [4.69, 9.17) is 0 Å². The average molecular weight is 319 g/mol. The fourth-order valence-corrected chi connectivity index (χ4v) is 3.14. The quantitative estimate of drug-likeness (QED) is 0.874. The van der Waals surface area contributed by atoms with Gasteiger partial charge in [0.2, 0.25) is 0 Å². The summed E-state index contributed by atoms with van der Waals surface area (Å²) in [6, 6.07) is 16.7. The molecule has 1 aliphatic rings. The Balaban J connectivity index is 1.80. The van der Waals surface area contributed by atoms with Crippen molar-refractivity contribution in [2.75, 3.05) is 6.54 Å². The van der Waals surface area contributed by atoms with Gasteiger partial charge in [0.1, 0.15) is 5.75 Å². The molecule has 0 radical (unpaired) electrons. The molecule has 1 saturated carbocycles. The maximum Gasteiger partial charge on any atom is 0.258 e. The van der Waals surface area contributed by atoms with Crippen molar-refractivity contribution >= 4 is 5.91 Å². The summed E-state index contributed by atoms with van der Waals surface area (Å²) in [7, 11) is 0. The number of phenols is 1. The zero-order chi connectivity index (χ0) is 16.8. The van der Waals surface area contributed by atoms with Gasteiger partial charge in [-0.15, -0.1) is 0 Å². The van der Waals surface area contributed by atoms with E-state index in [0.717, 1.165) is 31.2 Å². The molecular formula is C21H21NO2. The van der Waals surface area contributed by atoms with Gasteiger partial charge in [-0.1, -0.05) is 55.0 Å². The van der Waals surface area contributed by atoms with Gasteiger partial charge in [-0.25, -0.2) is 0 Å². The highest BCUT2D eigenvalue weighted by molar-refractivity contribution is 5.97. The summed E-state index contributed by atoms with van der Waals surface area (Å²) in [4.78, 5) is 14.7. The third-order valence-electron chi connectivity index (χ3n) is 4.42. The van der Waals surface area contributed by atoms with E-state index in [1.54, 1.807) is 24.3 Å². The molecule has 0 spiro atoms. The predicted molar refractivity (Wildman–Crippen MR) is 94.7 cm³/mol. The van der Waals surface area contributed by atoms with Gasteiger partial charge in [0, 0.05) is 11.6 Å². The van der Waals surface area contributed by atoms with E-state index in [2.05, 4.69) is 11.8 Å². The van der Waals surface area contributed by atoms with Crippen molar-refractivity contribution in [3.8, 4) is 17.6 Å². The molecular weight excluding hydrogens is 298 g/mol. The van der Waals surface area contributed by atoms with Crippen LogP contribution in [0.15, 0.2) is 54.6 Å². The van der Waals surface area contributed by atoms with Crippen molar-refractivity contribution < 1.29 is 9.90 Å². The van der Waals surface area contributed by atoms with Gasteiger partial charge in [0.25, 0.3) is 5.91 Å². The second-order valence-corrected chi connectivity index (χ2v) is 6.06.